The molecule has 0 aliphatic carbocycles. The average molecular weight is 453 g/mol. The molecule has 8 heteroatoms. The third-order valence-electron chi connectivity index (χ3n) is 4.66. The van der Waals surface area contributed by atoms with Crippen molar-refractivity contribution in [1.29, 1.82) is 0 Å². The van der Waals surface area contributed by atoms with Gasteiger partial charge in [-0.15, -0.1) is 0 Å². The van der Waals surface area contributed by atoms with Crippen LogP contribution in [0.1, 0.15) is 45.4 Å². The van der Waals surface area contributed by atoms with E-state index >= 15 is 0 Å². The Labute approximate surface area is 190 Å². The Morgan fingerprint density at radius 2 is 1.68 bits per heavy atom. The summed E-state index contributed by atoms with van der Waals surface area (Å²) < 4.78 is 17.1. The van der Waals surface area contributed by atoms with Gasteiger partial charge < -0.3 is 14.6 Å². The summed E-state index contributed by atoms with van der Waals surface area (Å²) in [6.07, 6.45) is 5.02. The van der Waals surface area contributed by atoms with Gasteiger partial charge in [-0.25, -0.2) is 13.7 Å². The maximum atomic E-state index is 13.2. The third-order valence-corrected chi connectivity index (χ3v) is 5.54. The molecule has 2 aromatic rings. The highest BCUT2D eigenvalue weighted by Crippen LogP contribution is 2.15. The summed E-state index contributed by atoms with van der Waals surface area (Å²) >= 11 is 1.71. The zero-order valence-electron chi connectivity index (χ0n) is 19.5. The van der Waals surface area contributed by atoms with E-state index in [1.54, 1.807) is 34.8 Å². The topological polar surface area (TPSA) is 61.6 Å². The molecule has 0 spiro atoms. The molecule has 174 valence electrons. The Kier molecular flexibility index (Phi) is 13.1. The number of hydrogen-bond acceptors (Lipinski definition) is 6. The molecule has 2 heterocycles. The van der Waals surface area contributed by atoms with Gasteiger partial charge >= 0.3 is 0 Å². The molecule has 0 saturated carbocycles. The SMILES string of the molecule is CC.CC.CSN1CCN(c2nc(CCCO)cn(Cc3ccc(F)cc3)c2=O)CC1. The Morgan fingerprint density at radius 3 is 2.23 bits per heavy atom. The quantitative estimate of drug-likeness (QED) is 0.645. The normalized spacial score (nSPS) is 13.7. The Hall–Kier alpha value is -1.90. The molecule has 31 heavy (non-hydrogen) atoms. The van der Waals surface area contributed by atoms with Gasteiger partial charge in [0.1, 0.15) is 5.82 Å². The minimum absolute atomic E-state index is 0.0838. The van der Waals surface area contributed by atoms with E-state index in [-0.39, 0.29) is 18.0 Å². The van der Waals surface area contributed by atoms with Crippen LogP contribution in [0.25, 0.3) is 0 Å². The van der Waals surface area contributed by atoms with Gasteiger partial charge in [-0.2, -0.15) is 0 Å². The van der Waals surface area contributed by atoms with E-state index in [1.165, 1.54) is 12.1 Å². The molecule has 3 rings (SSSR count). The summed E-state index contributed by atoms with van der Waals surface area (Å²) in [7, 11) is 0. The Morgan fingerprint density at radius 1 is 1.06 bits per heavy atom. The standard InChI is InChI=1S/C19H25FN4O2S.2C2H6/c1-27-24-10-8-22(9-11-24)18-19(26)23(14-17(21-18)3-2-12-25)13-15-4-6-16(20)7-5-15;2*1-2/h4-7,14,25H,2-3,8-13H2,1H3;2*1-2H3. The van der Waals surface area contributed by atoms with Crippen LogP contribution < -0.4 is 10.5 Å². The van der Waals surface area contributed by atoms with Crippen molar-refractivity contribution < 1.29 is 9.50 Å². The van der Waals surface area contributed by atoms with Crippen molar-refractivity contribution in [1.82, 2.24) is 13.9 Å². The molecule has 0 bridgehead atoms. The van der Waals surface area contributed by atoms with Gasteiger partial charge in [-0.3, -0.25) is 4.79 Å². The van der Waals surface area contributed by atoms with Gasteiger partial charge in [-0.1, -0.05) is 51.8 Å². The first-order valence-corrected chi connectivity index (χ1v) is 12.3. The van der Waals surface area contributed by atoms with Gasteiger partial charge in [0.2, 0.25) is 0 Å². The second kappa shape index (κ2) is 15.0. The summed E-state index contributed by atoms with van der Waals surface area (Å²) in [5.74, 6) is 0.171. The molecule has 0 atom stereocenters. The summed E-state index contributed by atoms with van der Waals surface area (Å²) in [4.78, 5) is 19.7. The Balaban J connectivity index is 0.00000113. The number of anilines is 1. The van der Waals surface area contributed by atoms with Crippen molar-refractivity contribution in [2.75, 3.05) is 43.9 Å². The Bertz CT molecular complexity index is 806. The number of hydrogen-bond donors (Lipinski definition) is 1. The van der Waals surface area contributed by atoms with Crippen LogP contribution in [-0.2, 0) is 13.0 Å². The highest BCUT2D eigenvalue weighted by molar-refractivity contribution is 7.96. The maximum Gasteiger partial charge on any atom is 0.293 e. The molecule has 0 amide bonds. The van der Waals surface area contributed by atoms with E-state index in [0.29, 0.717) is 25.2 Å². The highest BCUT2D eigenvalue weighted by Gasteiger charge is 2.21. The number of piperazine rings is 1. The number of benzene rings is 1. The number of nitrogens with zero attached hydrogens (tertiary/aromatic N) is 4. The number of rotatable bonds is 7. The lowest BCUT2D eigenvalue weighted by atomic mass is 10.2. The van der Waals surface area contributed by atoms with E-state index in [4.69, 9.17) is 5.11 Å². The van der Waals surface area contributed by atoms with Crippen LogP contribution in [0.2, 0.25) is 0 Å². The molecule has 1 saturated heterocycles. The maximum absolute atomic E-state index is 13.2. The predicted octanol–water partition coefficient (Wildman–Crippen LogP) is 3.81. The molecule has 1 aliphatic heterocycles. The second-order valence-electron chi connectivity index (χ2n) is 6.54. The molecular weight excluding hydrogens is 415 g/mol. The minimum atomic E-state index is -0.295. The number of aromatic nitrogens is 2. The zero-order valence-corrected chi connectivity index (χ0v) is 20.3. The van der Waals surface area contributed by atoms with Crippen molar-refractivity contribution >= 4 is 17.8 Å². The fraction of sp³-hybridized carbons (Fsp3) is 0.565. The van der Waals surface area contributed by atoms with Crippen LogP contribution in [0, 0.1) is 5.82 Å². The summed E-state index contributed by atoms with van der Waals surface area (Å²) in [6.45, 7) is 11.7. The first-order valence-electron chi connectivity index (χ1n) is 11.1. The average Bonchev–Trinajstić information content (AvgIpc) is 2.83. The molecule has 6 nitrogen and oxygen atoms in total. The van der Waals surface area contributed by atoms with Crippen LogP contribution in [-0.4, -0.2) is 58.0 Å². The van der Waals surface area contributed by atoms with Crippen molar-refractivity contribution in [3.05, 3.63) is 57.9 Å². The second-order valence-corrected chi connectivity index (χ2v) is 7.42. The molecule has 0 radical (unpaired) electrons. The van der Waals surface area contributed by atoms with Crippen molar-refractivity contribution in [2.45, 2.75) is 47.1 Å². The molecular formula is C23H37FN4O2S. The first-order chi connectivity index (χ1) is 15.1. The van der Waals surface area contributed by atoms with Crippen molar-refractivity contribution in [3.63, 3.8) is 0 Å². The van der Waals surface area contributed by atoms with Crippen LogP contribution in [0.4, 0.5) is 10.2 Å². The van der Waals surface area contributed by atoms with E-state index in [0.717, 1.165) is 37.4 Å². The molecule has 1 N–H and O–H groups in total. The van der Waals surface area contributed by atoms with Crippen LogP contribution in [0.5, 0.6) is 0 Å². The summed E-state index contributed by atoms with van der Waals surface area (Å²) in [5.41, 5.74) is 1.51. The van der Waals surface area contributed by atoms with Gasteiger partial charge in [0.05, 0.1) is 12.2 Å². The number of aliphatic hydroxyl groups is 1. The highest BCUT2D eigenvalue weighted by atomic mass is 32.2. The third kappa shape index (κ3) is 8.27. The molecule has 1 aliphatic rings. The predicted molar refractivity (Wildman–Crippen MR) is 129 cm³/mol. The molecule has 1 aromatic heterocycles. The van der Waals surface area contributed by atoms with Gasteiger partial charge in [0.25, 0.3) is 5.56 Å². The van der Waals surface area contributed by atoms with Crippen LogP contribution in [0.15, 0.2) is 35.3 Å². The fourth-order valence-electron chi connectivity index (χ4n) is 3.15. The minimum Gasteiger partial charge on any atom is -0.396 e. The lowest BCUT2D eigenvalue weighted by Gasteiger charge is -2.33. The van der Waals surface area contributed by atoms with E-state index in [2.05, 4.69) is 15.5 Å². The summed E-state index contributed by atoms with van der Waals surface area (Å²) in [5, 5.41) is 9.14. The van der Waals surface area contributed by atoms with E-state index < -0.39 is 0 Å². The smallest absolute Gasteiger partial charge is 0.293 e. The monoisotopic (exact) mass is 452 g/mol. The molecule has 0 unspecified atom stereocenters. The van der Waals surface area contributed by atoms with E-state index in [1.807, 2.05) is 32.6 Å². The first kappa shape index (κ1) is 27.1. The van der Waals surface area contributed by atoms with E-state index in [9.17, 15) is 9.18 Å². The van der Waals surface area contributed by atoms with Crippen molar-refractivity contribution in [3.8, 4) is 0 Å². The van der Waals surface area contributed by atoms with Crippen molar-refractivity contribution in [2.24, 2.45) is 0 Å². The largest absolute Gasteiger partial charge is 0.396 e. The lowest BCUT2D eigenvalue weighted by Crippen LogP contribution is -2.46. The lowest BCUT2D eigenvalue weighted by molar-refractivity contribution is 0.288. The fourth-order valence-corrected chi connectivity index (χ4v) is 3.68. The molecule has 1 aromatic carbocycles. The number of aryl methyl sites for hydroxylation is 1. The number of aliphatic hydroxyl groups excluding tert-OH is 1. The van der Waals surface area contributed by atoms with Gasteiger partial charge in [0.15, 0.2) is 5.82 Å². The van der Waals surface area contributed by atoms with Gasteiger partial charge in [-0.05, 0) is 36.8 Å². The van der Waals surface area contributed by atoms with Crippen LogP contribution >= 0.6 is 11.9 Å². The number of halogens is 1. The summed E-state index contributed by atoms with van der Waals surface area (Å²) in [6, 6.07) is 6.17. The van der Waals surface area contributed by atoms with Crippen LogP contribution in [0.3, 0.4) is 0 Å². The zero-order chi connectivity index (χ0) is 23.2. The molecule has 1 fully saturated rings. The van der Waals surface area contributed by atoms with Gasteiger partial charge in [0, 0.05) is 39.0 Å².